The van der Waals surface area contributed by atoms with E-state index in [2.05, 4.69) is 4.74 Å². The molecule has 1 N–H and O–H groups in total. The minimum Gasteiger partial charge on any atom is -0.463 e. The molecule has 0 aliphatic heterocycles. The SMILES string of the molecule is C/C=C/CC(=O)OCCO. The van der Waals surface area contributed by atoms with Crippen LogP contribution in [0.3, 0.4) is 0 Å². The highest BCUT2D eigenvalue weighted by Crippen LogP contribution is 1.87. The topological polar surface area (TPSA) is 46.5 Å². The number of ether oxygens (including phenoxy) is 1. The van der Waals surface area contributed by atoms with Gasteiger partial charge < -0.3 is 9.84 Å². The zero-order chi connectivity index (χ0) is 7.82. The Morgan fingerprint density at radius 3 is 2.90 bits per heavy atom. The summed E-state index contributed by atoms with van der Waals surface area (Å²) in [6, 6.07) is 0. The van der Waals surface area contributed by atoms with E-state index in [0.717, 1.165) is 0 Å². The molecule has 10 heavy (non-hydrogen) atoms. The third-order valence-corrected chi connectivity index (χ3v) is 0.875. The summed E-state index contributed by atoms with van der Waals surface area (Å²) >= 11 is 0. The van der Waals surface area contributed by atoms with Crippen molar-refractivity contribution < 1.29 is 14.6 Å². The minimum absolute atomic E-state index is 0.0936. The van der Waals surface area contributed by atoms with Gasteiger partial charge in [0.15, 0.2) is 0 Å². The first-order valence-electron chi connectivity index (χ1n) is 3.19. The van der Waals surface area contributed by atoms with E-state index in [1.807, 2.05) is 6.92 Å². The fourth-order valence-corrected chi connectivity index (χ4v) is 0.432. The molecule has 0 amide bonds. The number of aliphatic hydroxyl groups excluding tert-OH is 1. The maximum Gasteiger partial charge on any atom is 0.309 e. The largest absolute Gasteiger partial charge is 0.463 e. The number of carbonyl (C=O) groups is 1. The smallest absolute Gasteiger partial charge is 0.309 e. The van der Waals surface area contributed by atoms with E-state index >= 15 is 0 Å². The second-order valence-corrected chi connectivity index (χ2v) is 1.72. The molecule has 0 atom stereocenters. The van der Waals surface area contributed by atoms with Crippen LogP contribution in [0.5, 0.6) is 0 Å². The monoisotopic (exact) mass is 144 g/mol. The van der Waals surface area contributed by atoms with Gasteiger partial charge in [-0.3, -0.25) is 4.79 Å². The van der Waals surface area contributed by atoms with Crippen LogP contribution in [-0.4, -0.2) is 24.3 Å². The molecule has 0 saturated heterocycles. The highest BCUT2D eigenvalue weighted by atomic mass is 16.5. The second kappa shape index (κ2) is 6.29. The van der Waals surface area contributed by atoms with E-state index in [9.17, 15) is 4.79 Å². The van der Waals surface area contributed by atoms with Crippen LogP contribution in [0.25, 0.3) is 0 Å². The van der Waals surface area contributed by atoms with Crippen LogP contribution in [0.15, 0.2) is 12.2 Å². The van der Waals surface area contributed by atoms with Crippen molar-refractivity contribution in [1.29, 1.82) is 0 Å². The van der Waals surface area contributed by atoms with Gasteiger partial charge in [-0.15, -0.1) is 0 Å². The van der Waals surface area contributed by atoms with Crippen LogP contribution in [0, 0.1) is 0 Å². The average Bonchev–Trinajstić information content (AvgIpc) is 1.97. The van der Waals surface area contributed by atoms with Crippen molar-refractivity contribution in [3.8, 4) is 0 Å². The number of hydrogen-bond donors (Lipinski definition) is 1. The van der Waals surface area contributed by atoms with Gasteiger partial charge in [-0.1, -0.05) is 12.2 Å². The molecule has 3 nitrogen and oxygen atoms in total. The Bertz CT molecular complexity index is 118. The zero-order valence-corrected chi connectivity index (χ0v) is 6.04. The van der Waals surface area contributed by atoms with Crippen LogP contribution >= 0.6 is 0 Å². The lowest BCUT2D eigenvalue weighted by molar-refractivity contribution is -0.143. The Labute approximate surface area is 60.3 Å². The van der Waals surface area contributed by atoms with Gasteiger partial charge in [0.25, 0.3) is 0 Å². The van der Waals surface area contributed by atoms with E-state index in [1.165, 1.54) is 0 Å². The third-order valence-electron chi connectivity index (χ3n) is 0.875. The summed E-state index contributed by atoms with van der Waals surface area (Å²) in [6.07, 6.45) is 3.77. The van der Waals surface area contributed by atoms with E-state index in [0.29, 0.717) is 0 Å². The first-order valence-corrected chi connectivity index (χ1v) is 3.19. The van der Waals surface area contributed by atoms with Gasteiger partial charge in [0.05, 0.1) is 13.0 Å². The number of carbonyl (C=O) groups excluding carboxylic acids is 1. The fraction of sp³-hybridized carbons (Fsp3) is 0.571. The summed E-state index contributed by atoms with van der Waals surface area (Å²) in [4.78, 5) is 10.6. The summed E-state index contributed by atoms with van der Waals surface area (Å²) in [7, 11) is 0. The van der Waals surface area contributed by atoms with Crippen molar-refractivity contribution in [3.63, 3.8) is 0 Å². The molecule has 0 unspecified atom stereocenters. The van der Waals surface area contributed by atoms with Crippen LogP contribution in [0.1, 0.15) is 13.3 Å². The van der Waals surface area contributed by atoms with E-state index in [-0.39, 0.29) is 25.6 Å². The zero-order valence-electron chi connectivity index (χ0n) is 6.04. The van der Waals surface area contributed by atoms with Gasteiger partial charge in [-0.2, -0.15) is 0 Å². The third kappa shape index (κ3) is 5.31. The van der Waals surface area contributed by atoms with Crippen molar-refractivity contribution in [2.24, 2.45) is 0 Å². The molecular weight excluding hydrogens is 132 g/mol. The molecule has 0 aliphatic carbocycles. The Morgan fingerprint density at radius 1 is 1.70 bits per heavy atom. The number of aliphatic hydroxyl groups is 1. The van der Waals surface area contributed by atoms with Gasteiger partial charge >= 0.3 is 5.97 Å². The standard InChI is InChI=1S/C7H12O3/c1-2-3-4-7(9)10-6-5-8/h2-3,8H,4-6H2,1H3/b3-2+. The molecule has 0 bridgehead atoms. The first kappa shape index (κ1) is 9.17. The van der Waals surface area contributed by atoms with Crippen molar-refractivity contribution in [1.82, 2.24) is 0 Å². The second-order valence-electron chi connectivity index (χ2n) is 1.72. The molecule has 0 aromatic carbocycles. The van der Waals surface area contributed by atoms with Gasteiger partial charge in [-0.25, -0.2) is 0 Å². The molecule has 0 radical (unpaired) electrons. The first-order chi connectivity index (χ1) is 4.81. The maximum atomic E-state index is 10.6. The van der Waals surface area contributed by atoms with E-state index in [4.69, 9.17) is 5.11 Å². The van der Waals surface area contributed by atoms with Crippen molar-refractivity contribution in [2.45, 2.75) is 13.3 Å². The Kier molecular flexibility index (Phi) is 5.77. The summed E-state index contributed by atoms with van der Waals surface area (Å²) in [5.41, 5.74) is 0. The van der Waals surface area contributed by atoms with Crippen LogP contribution in [-0.2, 0) is 9.53 Å². The molecule has 0 spiro atoms. The van der Waals surface area contributed by atoms with Crippen molar-refractivity contribution >= 4 is 5.97 Å². The molecule has 0 aromatic heterocycles. The number of esters is 1. The van der Waals surface area contributed by atoms with E-state index in [1.54, 1.807) is 12.2 Å². The molecule has 0 fully saturated rings. The summed E-state index contributed by atoms with van der Waals surface area (Å²) in [5, 5.41) is 8.25. The quantitative estimate of drug-likeness (QED) is 0.461. The maximum absolute atomic E-state index is 10.6. The van der Waals surface area contributed by atoms with Gasteiger partial charge in [-0.05, 0) is 6.92 Å². The predicted molar refractivity (Wildman–Crippen MR) is 37.5 cm³/mol. The summed E-state index contributed by atoms with van der Waals surface area (Å²) in [6.45, 7) is 1.82. The molecular formula is C7H12O3. The Balaban J connectivity index is 3.25. The van der Waals surface area contributed by atoms with Gasteiger partial charge in [0.1, 0.15) is 6.61 Å². The molecule has 0 aliphatic rings. The summed E-state index contributed by atoms with van der Waals surface area (Å²) in [5.74, 6) is -0.299. The average molecular weight is 144 g/mol. The minimum atomic E-state index is -0.299. The number of rotatable bonds is 4. The molecule has 0 heterocycles. The Morgan fingerprint density at radius 2 is 2.40 bits per heavy atom. The van der Waals surface area contributed by atoms with Crippen LogP contribution in [0.4, 0.5) is 0 Å². The lowest BCUT2D eigenvalue weighted by Crippen LogP contribution is -2.06. The molecule has 0 saturated carbocycles. The van der Waals surface area contributed by atoms with E-state index < -0.39 is 0 Å². The van der Waals surface area contributed by atoms with Gasteiger partial charge in [0, 0.05) is 0 Å². The van der Waals surface area contributed by atoms with Crippen molar-refractivity contribution in [3.05, 3.63) is 12.2 Å². The fourth-order valence-electron chi connectivity index (χ4n) is 0.432. The lowest BCUT2D eigenvalue weighted by Gasteiger charge is -1.97. The van der Waals surface area contributed by atoms with Crippen molar-refractivity contribution in [2.75, 3.05) is 13.2 Å². The summed E-state index contributed by atoms with van der Waals surface area (Å²) < 4.78 is 4.55. The predicted octanol–water partition coefficient (Wildman–Crippen LogP) is 0.488. The highest BCUT2D eigenvalue weighted by molar-refractivity contribution is 5.71. The van der Waals surface area contributed by atoms with Crippen LogP contribution < -0.4 is 0 Å². The molecule has 0 rings (SSSR count). The lowest BCUT2D eigenvalue weighted by atomic mass is 10.4. The number of allylic oxidation sites excluding steroid dienone is 1. The number of hydrogen-bond acceptors (Lipinski definition) is 3. The molecule has 3 heteroatoms. The Hall–Kier alpha value is -0.830. The molecule has 0 aromatic rings. The van der Waals surface area contributed by atoms with Crippen LogP contribution in [0.2, 0.25) is 0 Å². The normalized spacial score (nSPS) is 10.2. The van der Waals surface area contributed by atoms with Gasteiger partial charge in [0.2, 0.25) is 0 Å². The highest BCUT2D eigenvalue weighted by Gasteiger charge is 1.96. The molecule has 58 valence electrons.